The van der Waals surface area contributed by atoms with Crippen LogP contribution in [0.2, 0.25) is 0 Å². The molecule has 1 rings (SSSR count). The predicted octanol–water partition coefficient (Wildman–Crippen LogP) is 0.892. The lowest BCUT2D eigenvalue weighted by atomic mass is 10.4. The summed E-state index contributed by atoms with van der Waals surface area (Å²) < 4.78 is 37.8. The molecule has 0 saturated carbocycles. The van der Waals surface area contributed by atoms with Crippen LogP contribution in [0, 0.1) is 0 Å². The van der Waals surface area contributed by atoms with Gasteiger partial charge in [-0.15, -0.1) is 14.0 Å². The lowest BCUT2D eigenvalue weighted by Gasteiger charge is -2.14. The summed E-state index contributed by atoms with van der Waals surface area (Å²) in [5.41, 5.74) is 0. The topological polar surface area (TPSA) is 132 Å². The van der Waals surface area contributed by atoms with Gasteiger partial charge in [0.05, 0.1) is 10.6 Å². The summed E-state index contributed by atoms with van der Waals surface area (Å²) >= 11 is 0. The second-order valence-corrected chi connectivity index (χ2v) is 6.59. The van der Waals surface area contributed by atoms with E-state index in [2.05, 4.69) is 18.5 Å². The third kappa shape index (κ3) is 2.89. The van der Waals surface area contributed by atoms with Gasteiger partial charge in [-0.25, -0.2) is 20.3 Å². The first-order valence-corrected chi connectivity index (χ1v) is 7.23. The van der Waals surface area contributed by atoms with Gasteiger partial charge in [0.1, 0.15) is 0 Å². The van der Waals surface area contributed by atoms with Crippen molar-refractivity contribution in [1.82, 2.24) is 0 Å². The zero-order chi connectivity index (χ0) is 13.8. The molecule has 0 aromatic heterocycles. The van der Waals surface area contributed by atoms with Gasteiger partial charge in [0.2, 0.25) is 0 Å². The fraction of sp³-hybridized carbons (Fsp3) is 0. The highest BCUT2D eigenvalue weighted by molar-refractivity contribution is 7.63. The summed E-state index contributed by atoms with van der Waals surface area (Å²) in [5.74, 6) is 0. The van der Waals surface area contributed by atoms with Crippen LogP contribution < -0.4 is 10.6 Å². The summed E-state index contributed by atoms with van der Waals surface area (Å²) in [5, 5.41) is 24.7. The van der Waals surface area contributed by atoms with E-state index in [0.717, 1.165) is 24.3 Å². The van der Waals surface area contributed by atoms with Crippen molar-refractivity contribution in [2.24, 2.45) is 0 Å². The number of hydrogen-bond donors (Lipinski definition) is 3. The van der Waals surface area contributed by atoms with Crippen LogP contribution in [0.25, 0.3) is 0 Å². The summed E-state index contributed by atoms with van der Waals surface area (Å²) in [6, 6.07) is 4.13. The lowest BCUT2D eigenvalue weighted by molar-refractivity contribution is -0.204. The first-order valence-electron chi connectivity index (χ1n) is 4.15. The molecule has 0 fully saturated rings. The molecule has 18 heavy (non-hydrogen) atoms. The van der Waals surface area contributed by atoms with Gasteiger partial charge in [-0.05, 0) is 24.3 Å². The summed E-state index contributed by atoms with van der Waals surface area (Å²) in [6.07, 6.45) is 0. The van der Waals surface area contributed by atoms with Crippen LogP contribution in [0.3, 0.4) is 0 Å². The molecule has 0 aliphatic rings. The zero-order valence-corrected chi connectivity index (χ0v) is 10.4. The molecule has 1 unspecified atom stereocenters. The lowest BCUT2D eigenvalue weighted by Crippen LogP contribution is -2.14. The van der Waals surface area contributed by atoms with Crippen LogP contribution in [0.4, 0.5) is 0 Å². The Morgan fingerprint density at radius 1 is 0.833 bits per heavy atom. The van der Waals surface area contributed by atoms with Gasteiger partial charge in [-0.1, -0.05) is 0 Å². The molecule has 1 aromatic rings. The Morgan fingerprint density at radius 3 is 1.44 bits per heavy atom. The molecule has 12 heteroatoms. The van der Waals surface area contributed by atoms with Crippen molar-refractivity contribution in [3.63, 3.8) is 0 Å². The summed E-state index contributed by atoms with van der Waals surface area (Å²) in [4.78, 5) is 0. The van der Waals surface area contributed by atoms with Crippen LogP contribution >= 0.6 is 15.2 Å². The zero-order valence-electron chi connectivity index (χ0n) is 8.57. The monoisotopic (exact) mass is 296 g/mol. The third-order valence-corrected chi connectivity index (χ3v) is 4.73. The van der Waals surface area contributed by atoms with Gasteiger partial charge in [0.15, 0.2) is 0 Å². The Kier molecular flexibility index (Phi) is 5.24. The number of rotatable bonds is 6. The highest BCUT2D eigenvalue weighted by Gasteiger charge is 2.31. The van der Waals surface area contributed by atoms with Crippen molar-refractivity contribution >= 4 is 33.8 Å². The average Bonchev–Trinajstić information content (AvgIpc) is 2.45. The molecule has 1 aromatic carbocycles. The maximum absolute atomic E-state index is 11.6. The standard InChI is InChI=1S/C6H7BO9P2/c7-13-17(11,14-8)5-1-3-6(4-2-5)18(12,15-9)16-10/h1-4,8-10H. The largest absolute Gasteiger partial charge is 0.414 e. The predicted molar refractivity (Wildman–Crippen MR) is 58.9 cm³/mol. The minimum atomic E-state index is -4.28. The molecule has 0 saturated heterocycles. The quantitative estimate of drug-likeness (QED) is 0.303. The molecule has 0 bridgehead atoms. The molecular weight excluding hydrogens is 289 g/mol. The van der Waals surface area contributed by atoms with E-state index in [1.807, 2.05) is 0 Å². The average molecular weight is 296 g/mol. The molecular formula is C6H7BO9P2. The van der Waals surface area contributed by atoms with Crippen molar-refractivity contribution in [2.75, 3.05) is 0 Å². The van der Waals surface area contributed by atoms with Crippen molar-refractivity contribution < 1.29 is 43.4 Å². The van der Waals surface area contributed by atoms with Crippen LogP contribution in [0.5, 0.6) is 0 Å². The van der Waals surface area contributed by atoms with Gasteiger partial charge in [-0.3, -0.25) is 4.57 Å². The van der Waals surface area contributed by atoms with Gasteiger partial charge < -0.3 is 4.44 Å². The minimum Gasteiger partial charge on any atom is -0.378 e. The molecule has 0 spiro atoms. The van der Waals surface area contributed by atoms with E-state index in [9.17, 15) is 9.13 Å². The molecule has 0 aliphatic heterocycles. The molecule has 1 atom stereocenters. The van der Waals surface area contributed by atoms with E-state index in [1.165, 1.54) is 0 Å². The fourth-order valence-corrected chi connectivity index (χ4v) is 2.56. The van der Waals surface area contributed by atoms with Crippen LogP contribution in [0.1, 0.15) is 0 Å². The van der Waals surface area contributed by atoms with Crippen LogP contribution in [0.15, 0.2) is 24.3 Å². The maximum Gasteiger partial charge on any atom is 0.414 e. The third-order valence-electron chi connectivity index (χ3n) is 1.94. The van der Waals surface area contributed by atoms with E-state index >= 15 is 0 Å². The van der Waals surface area contributed by atoms with Crippen molar-refractivity contribution in [1.29, 1.82) is 0 Å². The smallest absolute Gasteiger partial charge is 0.378 e. The van der Waals surface area contributed by atoms with Gasteiger partial charge in [-0.2, -0.15) is 0 Å². The second-order valence-electron chi connectivity index (χ2n) is 2.86. The highest BCUT2D eigenvalue weighted by Crippen LogP contribution is 2.47. The van der Waals surface area contributed by atoms with E-state index in [0.29, 0.717) is 0 Å². The van der Waals surface area contributed by atoms with E-state index < -0.39 is 15.2 Å². The minimum absolute atomic E-state index is 0.168. The maximum atomic E-state index is 11.6. The Bertz CT molecular complexity index is 427. The van der Waals surface area contributed by atoms with E-state index in [4.69, 9.17) is 23.8 Å². The van der Waals surface area contributed by atoms with Crippen molar-refractivity contribution in [2.45, 2.75) is 0 Å². The molecule has 2 radical (unpaired) electrons. The Morgan fingerprint density at radius 2 is 1.17 bits per heavy atom. The first kappa shape index (κ1) is 15.5. The van der Waals surface area contributed by atoms with Crippen LogP contribution in [-0.4, -0.2) is 23.8 Å². The van der Waals surface area contributed by atoms with Gasteiger partial charge in [0, 0.05) is 0 Å². The highest BCUT2D eigenvalue weighted by atomic mass is 31.2. The Balaban J connectivity index is 3.15. The normalized spacial score (nSPS) is 15.3. The SMILES string of the molecule is [B]OP(=O)(OO)c1ccc(P(=O)(OO)OO)cc1. The summed E-state index contributed by atoms with van der Waals surface area (Å²) in [6.45, 7) is 0. The summed E-state index contributed by atoms with van der Waals surface area (Å²) in [7, 11) is -3.67. The number of benzene rings is 1. The first-order chi connectivity index (χ1) is 8.45. The van der Waals surface area contributed by atoms with Crippen molar-refractivity contribution in [3.05, 3.63) is 24.3 Å². The second kappa shape index (κ2) is 6.07. The molecule has 9 nitrogen and oxygen atoms in total. The molecule has 3 N–H and O–H groups in total. The van der Waals surface area contributed by atoms with E-state index in [-0.39, 0.29) is 10.6 Å². The van der Waals surface area contributed by atoms with E-state index in [1.54, 1.807) is 0 Å². The Labute approximate surface area is 102 Å². The fourth-order valence-electron chi connectivity index (χ4n) is 1.05. The van der Waals surface area contributed by atoms with Gasteiger partial charge in [0.25, 0.3) is 8.05 Å². The molecule has 0 heterocycles. The molecule has 0 aliphatic carbocycles. The van der Waals surface area contributed by atoms with Crippen molar-refractivity contribution in [3.8, 4) is 0 Å². The van der Waals surface area contributed by atoms with Crippen LogP contribution in [-0.2, 0) is 27.6 Å². The van der Waals surface area contributed by atoms with Gasteiger partial charge >= 0.3 is 15.2 Å². The Hall–Kier alpha value is -0.535. The number of hydrogen-bond acceptors (Lipinski definition) is 9. The molecule has 0 amide bonds. The molecule has 98 valence electrons.